The van der Waals surface area contributed by atoms with Crippen LogP contribution in [0.4, 0.5) is 0 Å². The molecule has 20 heavy (non-hydrogen) atoms. The maximum atomic E-state index is 6.81. The minimum atomic E-state index is 0.175. The number of fused-ring (bicyclic) bond motifs is 1. The van der Waals surface area contributed by atoms with Gasteiger partial charge in [0.15, 0.2) is 0 Å². The zero-order chi connectivity index (χ0) is 13.9. The first kappa shape index (κ1) is 14.3. The smallest absolute Gasteiger partial charge is 0.123 e. The van der Waals surface area contributed by atoms with E-state index < -0.39 is 0 Å². The fourth-order valence-electron chi connectivity index (χ4n) is 3.67. The van der Waals surface area contributed by atoms with Crippen molar-refractivity contribution in [3.63, 3.8) is 0 Å². The molecule has 0 N–H and O–H groups in total. The van der Waals surface area contributed by atoms with Crippen molar-refractivity contribution >= 4 is 11.6 Å². The third kappa shape index (κ3) is 3.14. The molecule has 1 aromatic carbocycles. The molecule has 110 valence electrons. The van der Waals surface area contributed by atoms with Crippen LogP contribution < -0.4 is 4.74 Å². The molecule has 0 saturated heterocycles. The van der Waals surface area contributed by atoms with Crippen molar-refractivity contribution in [1.82, 2.24) is 0 Å². The van der Waals surface area contributed by atoms with Crippen molar-refractivity contribution in [2.75, 3.05) is 0 Å². The van der Waals surface area contributed by atoms with Gasteiger partial charge in [-0.05, 0) is 42.9 Å². The molecule has 3 rings (SSSR count). The van der Waals surface area contributed by atoms with E-state index in [1.54, 1.807) is 0 Å². The number of alkyl halides is 1. The Labute approximate surface area is 127 Å². The third-order valence-electron chi connectivity index (χ3n) is 4.80. The summed E-state index contributed by atoms with van der Waals surface area (Å²) in [5, 5.41) is 0.175. The van der Waals surface area contributed by atoms with Gasteiger partial charge in [0.25, 0.3) is 0 Å². The lowest BCUT2D eigenvalue weighted by Gasteiger charge is -2.25. The second kappa shape index (κ2) is 6.39. The summed E-state index contributed by atoms with van der Waals surface area (Å²) >= 11 is 6.81. The maximum absolute atomic E-state index is 6.81. The molecule has 0 amide bonds. The van der Waals surface area contributed by atoms with E-state index in [2.05, 4.69) is 25.1 Å². The Kier molecular flexibility index (Phi) is 4.55. The second-order valence-electron chi connectivity index (χ2n) is 6.51. The van der Waals surface area contributed by atoms with E-state index in [0.717, 1.165) is 12.2 Å². The van der Waals surface area contributed by atoms with Crippen LogP contribution in [-0.4, -0.2) is 6.10 Å². The average Bonchev–Trinajstić information content (AvgIpc) is 2.76. The van der Waals surface area contributed by atoms with Gasteiger partial charge in [-0.15, -0.1) is 11.6 Å². The van der Waals surface area contributed by atoms with Crippen molar-refractivity contribution in [2.45, 2.75) is 69.8 Å². The molecule has 2 heteroatoms. The van der Waals surface area contributed by atoms with Crippen LogP contribution in [0.25, 0.3) is 0 Å². The summed E-state index contributed by atoms with van der Waals surface area (Å²) < 4.78 is 5.78. The number of halogens is 1. The molecular formula is C18H25ClO. The number of benzene rings is 1. The largest absolute Gasteiger partial charge is 0.490 e. The molecule has 1 aliphatic carbocycles. The van der Waals surface area contributed by atoms with Crippen molar-refractivity contribution in [2.24, 2.45) is 5.92 Å². The highest BCUT2D eigenvalue weighted by atomic mass is 35.5. The van der Waals surface area contributed by atoms with Gasteiger partial charge in [0, 0.05) is 6.42 Å². The van der Waals surface area contributed by atoms with Crippen LogP contribution in [0.5, 0.6) is 5.75 Å². The summed E-state index contributed by atoms with van der Waals surface area (Å²) in [7, 11) is 0. The molecular weight excluding hydrogens is 268 g/mol. The van der Waals surface area contributed by atoms with E-state index in [-0.39, 0.29) is 5.38 Å². The highest BCUT2D eigenvalue weighted by Crippen LogP contribution is 2.40. The lowest BCUT2D eigenvalue weighted by atomic mass is 9.86. The van der Waals surface area contributed by atoms with Crippen molar-refractivity contribution in [3.8, 4) is 5.75 Å². The first-order valence-electron chi connectivity index (χ1n) is 8.17. The number of hydrogen-bond acceptors (Lipinski definition) is 1. The fraction of sp³-hybridized carbons (Fsp3) is 0.667. The lowest BCUT2D eigenvalue weighted by Crippen LogP contribution is -2.10. The monoisotopic (exact) mass is 292 g/mol. The van der Waals surface area contributed by atoms with Crippen LogP contribution in [0.3, 0.4) is 0 Å². The highest BCUT2D eigenvalue weighted by molar-refractivity contribution is 6.21. The molecule has 1 aliphatic heterocycles. The summed E-state index contributed by atoms with van der Waals surface area (Å²) in [5.74, 6) is 1.71. The quantitative estimate of drug-likeness (QED) is 0.640. The molecule has 0 aromatic heterocycles. The SMILES string of the molecule is CC1Cc2cc(C(Cl)C3CCCCCCC3)ccc2O1. The molecule has 2 aliphatic rings. The topological polar surface area (TPSA) is 9.23 Å². The zero-order valence-corrected chi connectivity index (χ0v) is 13.2. The Bertz CT molecular complexity index is 449. The van der Waals surface area contributed by atoms with Gasteiger partial charge in [-0.3, -0.25) is 0 Å². The summed E-state index contributed by atoms with van der Waals surface area (Å²) in [6.07, 6.45) is 10.8. The van der Waals surface area contributed by atoms with Gasteiger partial charge in [-0.1, -0.05) is 44.2 Å². The van der Waals surface area contributed by atoms with Crippen LogP contribution in [0, 0.1) is 5.92 Å². The minimum Gasteiger partial charge on any atom is -0.490 e. The number of hydrogen-bond donors (Lipinski definition) is 0. The Balaban J connectivity index is 1.73. The van der Waals surface area contributed by atoms with Gasteiger partial charge >= 0.3 is 0 Å². The lowest BCUT2D eigenvalue weighted by molar-refractivity contribution is 0.254. The van der Waals surface area contributed by atoms with E-state index in [0.29, 0.717) is 12.0 Å². The van der Waals surface area contributed by atoms with Gasteiger partial charge in [0.05, 0.1) is 5.38 Å². The van der Waals surface area contributed by atoms with Gasteiger partial charge in [0.2, 0.25) is 0 Å². The second-order valence-corrected chi connectivity index (χ2v) is 6.98. The average molecular weight is 293 g/mol. The van der Waals surface area contributed by atoms with E-state index >= 15 is 0 Å². The Morgan fingerprint density at radius 1 is 1.10 bits per heavy atom. The third-order valence-corrected chi connectivity index (χ3v) is 5.41. The predicted molar refractivity (Wildman–Crippen MR) is 84.6 cm³/mol. The van der Waals surface area contributed by atoms with E-state index in [4.69, 9.17) is 16.3 Å². The Hall–Kier alpha value is -0.690. The molecule has 1 nitrogen and oxygen atoms in total. The molecule has 2 atom stereocenters. The number of rotatable bonds is 2. The summed E-state index contributed by atoms with van der Waals surface area (Å²) in [6.45, 7) is 2.13. The molecule has 0 bridgehead atoms. The summed E-state index contributed by atoms with van der Waals surface area (Å²) in [5.41, 5.74) is 2.64. The Morgan fingerprint density at radius 3 is 2.55 bits per heavy atom. The van der Waals surface area contributed by atoms with Gasteiger partial charge in [-0.2, -0.15) is 0 Å². The maximum Gasteiger partial charge on any atom is 0.123 e. The first-order valence-corrected chi connectivity index (χ1v) is 8.61. The van der Waals surface area contributed by atoms with Crippen LogP contribution >= 0.6 is 11.6 Å². The fourth-order valence-corrected chi connectivity index (χ4v) is 4.05. The minimum absolute atomic E-state index is 0.175. The first-order chi connectivity index (χ1) is 9.74. The normalized spacial score (nSPS) is 25.4. The molecule has 2 unspecified atom stereocenters. The highest BCUT2D eigenvalue weighted by Gasteiger charge is 2.25. The summed E-state index contributed by atoms with van der Waals surface area (Å²) in [6, 6.07) is 6.58. The molecule has 0 spiro atoms. The van der Waals surface area contributed by atoms with Crippen molar-refractivity contribution in [1.29, 1.82) is 0 Å². The van der Waals surface area contributed by atoms with Crippen LogP contribution in [0.1, 0.15) is 68.4 Å². The standard InChI is InChI=1S/C18H25ClO/c1-13-11-16-12-15(9-10-17(16)20-13)18(19)14-7-5-3-2-4-6-8-14/h9-10,12-14,18H,2-8,11H2,1H3. The van der Waals surface area contributed by atoms with Gasteiger partial charge in [-0.25, -0.2) is 0 Å². The zero-order valence-electron chi connectivity index (χ0n) is 12.4. The summed E-state index contributed by atoms with van der Waals surface area (Å²) in [4.78, 5) is 0. The molecule has 1 saturated carbocycles. The number of ether oxygens (including phenoxy) is 1. The van der Waals surface area contributed by atoms with E-state index in [9.17, 15) is 0 Å². The van der Waals surface area contributed by atoms with Crippen LogP contribution in [-0.2, 0) is 6.42 Å². The Morgan fingerprint density at radius 2 is 1.80 bits per heavy atom. The predicted octanol–water partition coefficient (Wildman–Crippen LogP) is 5.65. The van der Waals surface area contributed by atoms with Crippen molar-refractivity contribution in [3.05, 3.63) is 29.3 Å². The van der Waals surface area contributed by atoms with Gasteiger partial charge < -0.3 is 4.74 Å². The molecule has 1 aromatic rings. The van der Waals surface area contributed by atoms with E-state index in [1.165, 1.54) is 56.1 Å². The molecule has 0 radical (unpaired) electrons. The molecule has 1 fully saturated rings. The molecule has 1 heterocycles. The van der Waals surface area contributed by atoms with Crippen molar-refractivity contribution < 1.29 is 4.74 Å². The van der Waals surface area contributed by atoms with Gasteiger partial charge in [0.1, 0.15) is 11.9 Å². The van der Waals surface area contributed by atoms with E-state index in [1.807, 2.05) is 0 Å². The van der Waals surface area contributed by atoms with Crippen LogP contribution in [0.2, 0.25) is 0 Å². The van der Waals surface area contributed by atoms with Crippen LogP contribution in [0.15, 0.2) is 18.2 Å².